The molecule has 0 aromatic carbocycles. The van der Waals surface area contributed by atoms with Crippen molar-refractivity contribution in [1.82, 2.24) is 24.8 Å². The maximum absolute atomic E-state index is 12.4. The molecule has 2 heterocycles. The zero-order valence-electron chi connectivity index (χ0n) is 14.2. The van der Waals surface area contributed by atoms with Crippen molar-refractivity contribution in [2.45, 2.75) is 57.9 Å². The van der Waals surface area contributed by atoms with Gasteiger partial charge < -0.3 is 5.32 Å². The molecule has 23 heavy (non-hydrogen) atoms. The molecule has 0 unspecified atom stereocenters. The van der Waals surface area contributed by atoms with Crippen LogP contribution >= 0.6 is 0 Å². The summed E-state index contributed by atoms with van der Waals surface area (Å²) in [5.41, 5.74) is 1.18. The molecule has 1 amide bonds. The predicted molar refractivity (Wildman–Crippen MR) is 87.4 cm³/mol. The van der Waals surface area contributed by atoms with Gasteiger partial charge in [-0.05, 0) is 33.6 Å². The van der Waals surface area contributed by atoms with E-state index >= 15 is 0 Å². The lowest BCUT2D eigenvalue weighted by molar-refractivity contribution is 0.102. The standard InChI is InChI=1S/C16H24N6O/c1-16(2,3)22-10-13(18-20-22)15(23)17-14-9-12(19-21(14)4)11-7-5-6-8-11/h9-11H,5-8H2,1-4H3,(H,17,23). The van der Waals surface area contributed by atoms with Gasteiger partial charge in [-0.2, -0.15) is 5.10 Å². The van der Waals surface area contributed by atoms with Crippen molar-refractivity contribution in [2.75, 3.05) is 5.32 Å². The number of nitrogens with zero attached hydrogens (tertiary/aromatic N) is 5. The summed E-state index contributed by atoms with van der Waals surface area (Å²) in [4.78, 5) is 12.4. The molecule has 0 aliphatic heterocycles. The number of hydrogen-bond donors (Lipinski definition) is 1. The molecule has 1 saturated carbocycles. The molecule has 7 heteroatoms. The van der Waals surface area contributed by atoms with Crippen LogP contribution in [0.3, 0.4) is 0 Å². The molecule has 1 aliphatic carbocycles. The maximum atomic E-state index is 12.4. The van der Waals surface area contributed by atoms with E-state index in [4.69, 9.17) is 0 Å². The van der Waals surface area contributed by atoms with Crippen molar-refractivity contribution < 1.29 is 4.79 Å². The average Bonchev–Trinajstić information content (AvgIpc) is 3.17. The monoisotopic (exact) mass is 316 g/mol. The third kappa shape index (κ3) is 3.28. The molecule has 3 rings (SSSR count). The molecule has 124 valence electrons. The summed E-state index contributed by atoms with van der Waals surface area (Å²) in [6.45, 7) is 6.04. The smallest absolute Gasteiger partial charge is 0.278 e. The second kappa shape index (κ2) is 5.79. The van der Waals surface area contributed by atoms with Crippen molar-refractivity contribution in [3.63, 3.8) is 0 Å². The number of nitrogens with one attached hydrogen (secondary N) is 1. The van der Waals surface area contributed by atoms with Gasteiger partial charge in [-0.25, -0.2) is 4.68 Å². The molecular formula is C16H24N6O. The molecule has 2 aromatic heterocycles. The zero-order valence-corrected chi connectivity index (χ0v) is 14.2. The van der Waals surface area contributed by atoms with Gasteiger partial charge in [-0.15, -0.1) is 5.10 Å². The number of aromatic nitrogens is 5. The molecule has 7 nitrogen and oxygen atoms in total. The Morgan fingerprint density at radius 2 is 2.00 bits per heavy atom. The van der Waals surface area contributed by atoms with Crippen LogP contribution in [-0.2, 0) is 12.6 Å². The largest absolute Gasteiger partial charge is 0.305 e. The minimum absolute atomic E-state index is 0.201. The van der Waals surface area contributed by atoms with Crippen LogP contribution in [0.4, 0.5) is 5.82 Å². The number of carbonyl (C=O) groups excluding carboxylic acids is 1. The van der Waals surface area contributed by atoms with Gasteiger partial charge in [-0.1, -0.05) is 18.1 Å². The number of aryl methyl sites for hydroxylation is 1. The highest BCUT2D eigenvalue weighted by atomic mass is 16.2. The average molecular weight is 316 g/mol. The number of amides is 1. The second-order valence-corrected chi connectivity index (χ2v) is 7.23. The number of carbonyl (C=O) groups is 1. The van der Waals surface area contributed by atoms with Crippen LogP contribution in [0.15, 0.2) is 12.3 Å². The molecule has 0 bridgehead atoms. The van der Waals surface area contributed by atoms with Crippen molar-refractivity contribution >= 4 is 11.7 Å². The maximum Gasteiger partial charge on any atom is 0.278 e. The second-order valence-electron chi connectivity index (χ2n) is 7.23. The van der Waals surface area contributed by atoms with E-state index in [-0.39, 0.29) is 11.4 Å². The van der Waals surface area contributed by atoms with Gasteiger partial charge in [0.15, 0.2) is 5.69 Å². The quantitative estimate of drug-likeness (QED) is 0.944. The topological polar surface area (TPSA) is 77.6 Å². The molecule has 0 atom stereocenters. The Morgan fingerprint density at radius 3 is 2.61 bits per heavy atom. The predicted octanol–water partition coefficient (Wildman–Crippen LogP) is 2.68. The van der Waals surface area contributed by atoms with E-state index < -0.39 is 0 Å². The Hall–Kier alpha value is -2.18. The van der Waals surface area contributed by atoms with E-state index in [1.165, 1.54) is 25.7 Å². The molecule has 0 radical (unpaired) electrons. The minimum Gasteiger partial charge on any atom is -0.305 e. The molecular weight excluding hydrogens is 292 g/mol. The summed E-state index contributed by atoms with van der Waals surface area (Å²) in [5, 5.41) is 15.4. The molecule has 0 spiro atoms. The fraction of sp³-hybridized carbons (Fsp3) is 0.625. The van der Waals surface area contributed by atoms with Crippen LogP contribution in [0.2, 0.25) is 0 Å². The van der Waals surface area contributed by atoms with Gasteiger partial charge in [0, 0.05) is 19.0 Å². The highest BCUT2D eigenvalue weighted by Gasteiger charge is 2.22. The Morgan fingerprint density at radius 1 is 1.30 bits per heavy atom. The summed E-state index contributed by atoms with van der Waals surface area (Å²) < 4.78 is 3.41. The first-order valence-electron chi connectivity index (χ1n) is 8.13. The van der Waals surface area contributed by atoms with Crippen molar-refractivity contribution in [3.8, 4) is 0 Å². The summed E-state index contributed by atoms with van der Waals surface area (Å²) >= 11 is 0. The Labute approximate surface area is 136 Å². The summed E-state index contributed by atoms with van der Waals surface area (Å²) in [6.07, 6.45) is 6.57. The first-order chi connectivity index (χ1) is 10.8. The van der Waals surface area contributed by atoms with Gasteiger partial charge in [-0.3, -0.25) is 9.48 Å². The van der Waals surface area contributed by atoms with E-state index in [1.807, 2.05) is 33.9 Å². The van der Waals surface area contributed by atoms with Crippen molar-refractivity contribution in [3.05, 3.63) is 23.7 Å². The fourth-order valence-electron chi connectivity index (χ4n) is 2.90. The van der Waals surface area contributed by atoms with Gasteiger partial charge in [0.1, 0.15) is 5.82 Å². The fourth-order valence-corrected chi connectivity index (χ4v) is 2.90. The van der Waals surface area contributed by atoms with E-state index in [0.717, 1.165) is 5.69 Å². The van der Waals surface area contributed by atoms with Crippen LogP contribution in [-0.4, -0.2) is 30.7 Å². The lowest BCUT2D eigenvalue weighted by Gasteiger charge is -2.17. The number of anilines is 1. The SMILES string of the molecule is Cn1nc(C2CCCC2)cc1NC(=O)c1cn(C(C)(C)C)nn1. The number of rotatable bonds is 3. The van der Waals surface area contributed by atoms with E-state index in [1.54, 1.807) is 15.6 Å². The summed E-state index contributed by atoms with van der Waals surface area (Å²) in [7, 11) is 1.85. The lowest BCUT2D eigenvalue weighted by atomic mass is 10.0. The minimum atomic E-state index is -0.263. The first-order valence-corrected chi connectivity index (χ1v) is 8.13. The highest BCUT2D eigenvalue weighted by Crippen LogP contribution is 2.34. The third-order valence-electron chi connectivity index (χ3n) is 4.33. The van der Waals surface area contributed by atoms with Crippen molar-refractivity contribution in [2.24, 2.45) is 7.05 Å². The van der Waals surface area contributed by atoms with Gasteiger partial charge in [0.05, 0.1) is 17.4 Å². The Bertz CT molecular complexity index is 702. The lowest BCUT2D eigenvalue weighted by Crippen LogP contribution is -2.22. The Kier molecular flexibility index (Phi) is 3.95. The van der Waals surface area contributed by atoms with Gasteiger partial charge in [0.25, 0.3) is 5.91 Å². The van der Waals surface area contributed by atoms with Crippen LogP contribution in [0.1, 0.15) is 68.6 Å². The van der Waals surface area contributed by atoms with Crippen LogP contribution < -0.4 is 5.32 Å². The highest BCUT2D eigenvalue weighted by molar-refractivity contribution is 6.02. The van der Waals surface area contributed by atoms with Gasteiger partial charge in [0.2, 0.25) is 0 Å². The van der Waals surface area contributed by atoms with Gasteiger partial charge >= 0.3 is 0 Å². The molecule has 1 aliphatic rings. The van der Waals surface area contributed by atoms with Crippen LogP contribution in [0.25, 0.3) is 0 Å². The first kappa shape index (κ1) is 15.7. The molecule has 0 saturated heterocycles. The number of hydrogen-bond acceptors (Lipinski definition) is 4. The van der Waals surface area contributed by atoms with Crippen LogP contribution in [0, 0.1) is 0 Å². The molecule has 1 N–H and O–H groups in total. The Balaban J connectivity index is 1.74. The normalized spacial score (nSPS) is 16.0. The van der Waals surface area contributed by atoms with E-state index in [2.05, 4.69) is 20.7 Å². The van der Waals surface area contributed by atoms with Crippen LogP contribution in [0.5, 0.6) is 0 Å². The molecule has 1 fully saturated rings. The van der Waals surface area contributed by atoms with E-state index in [0.29, 0.717) is 17.4 Å². The summed E-state index contributed by atoms with van der Waals surface area (Å²) in [6, 6.07) is 1.97. The molecule has 2 aromatic rings. The van der Waals surface area contributed by atoms with Crippen molar-refractivity contribution in [1.29, 1.82) is 0 Å². The third-order valence-corrected chi connectivity index (χ3v) is 4.33. The van der Waals surface area contributed by atoms with E-state index in [9.17, 15) is 4.79 Å². The summed E-state index contributed by atoms with van der Waals surface area (Å²) in [5.74, 6) is 0.956. The zero-order chi connectivity index (χ0) is 16.6.